The Bertz CT molecular complexity index is 6170. The van der Waals surface area contributed by atoms with E-state index in [2.05, 4.69) is 284 Å². The van der Waals surface area contributed by atoms with E-state index in [1.807, 2.05) is 49.1 Å². The molecular formula is C92H62BN5O2. The maximum Gasteiger partial charge on any atom is 0.252 e. The van der Waals surface area contributed by atoms with Gasteiger partial charge in [-0.25, -0.2) is 0 Å². The van der Waals surface area contributed by atoms with Crippen molar-refractivity contribution >= 4 is 123 Å². The van der Waals surface area contributed by atoms with Gasteiger partial charge in [0.05, 0.1) is 33.6 Å². The summed E-state index contributed by atoms with van der Waals surface area (Å²) < 4.78 is 54.0. The summed E-state index contributed by atoms with van der Waals surface area (Å²) in [5.74, 6) is 0. The molecule has 2 aliphatic heterocycles. The molecule has 0 atom stereocenters. The van der Waals surface area contributed by atoms with Gasteiger partial charge in [-0.05, 0) is 151 Å². The van der Waals surface area contributed by atoms with Crippen LogP contribution in [0.4, 0.5) is 34.1 Å². The summed E-state index contributed by atoms with van der Waals surface area (Å²) in [6.45, 7) is 6.06. The van der Waals surface area contributed by atoms with Crippen LogP contribution in [0.2, 0.25) is 0 Å². The molecule has 0 fully saturated rings. The molecule has 5 aromatic heterocycles. The number of furan rings is 2. The predicted molar refractivity (Wildman–Crippen MR) is 416 cm³/mol. The third-order valence-electron chi connectivity index (χ3n) is 20.6. The third-order valence-corrected chi connectivity index (χ3v) is 20.6. The van der Waals surface area contributed by atoms with E-state index >= 15 is 0 Å². The van der Waals surface area contributed by atoms with Gasteiger partial charge in [-0.3, -0.25) is 9.97 Å². The Labute approximate surface area is 584 Å². The van der Waals surface area contributed by atoms with Crippen molar-refractivity contribution in [2.45, 2.75) is 26.2 Å². The third kappa shape index (κ3) is 9.00. The van der Waals surface area contributed by atoms with Crippen molar-refractivity contribution in [2.24, 2.45) is 0 Å². The van der Waals surface area contributed by atoms with Crippen molar-refractivity contribution in [1.82, 2.24) is 14.5 Å². The monoisotopic (exact) mass is 1280 g/mol. The molecule has 0 spiro atoms. The minimum atomic E-state index is -0.474. The molecule has 0 radical (unpaired) electrons. The Morgan fingerprint density at radius 1 is 0.340 bits per heavy atom. The number of pyridine rings is 2. The smallest absolute Gasteiger partial charge is 0.252 e. The molecule has 0 aliphatic carbocycles. The normalized spacial score (nSPS) is 13.2. The van der Waals surface area contributed by atoms with Crippen LogP contribution in [-0.2, 0) is 5.41 Å². The SMILES string of the molecule is [2H]c1c([2H])c([2H])c2c(c1[2H])c1cc(C(C)(C)C)ccc1n2-c1cc2c3c(c1)N(c1c(-c4ccccc4)cncc1-c1ccccc1)c1ccc(-c4ccc5oc6ccccc6c5c4)cc1B3c1cc(-c3ccc4oc5ccccc5c4c3)ccc1N2c1c(-c2ccccc2)cncc1-c1ccccc1. The van der Waals surface area contributed by atoms with Crippen molar-refractivity contribution in [3.05, 3.63) is 328 Å². The highest BCUT2D eigenvalue weighted by atomic mass is 16.3. The van der Waals surface area contributed by atoms with Crippen LogP contribution in [0.1, 0.15) is 31.8 Å². The quantitative estimate of drug-likeness (QED) is 0.134. The number of anilines is 6. The fourth-order valence-electron chi connectivity index (χ4n) is 15.9. The van der Waals surface area contributed by atoms with Crippen LogP contribution in [0.25, 0.3) is 138 Å². The van der Waals surface area contributed by atoms with Gasteiger partial charge in [-0.15, -0.1) is 0 Å². The molecule has 20 rings (SSSR count). The first-order valence-corrected chi connectivity index (χ1v) is 34.0. The number of fused-ring (bicyclic) bond motifs is 13. The van der Waals surface area contributed by atoms with Gasteiger partial charge in [0, 0.05) is 102 Å². The fourth-order valence-corrected chi connectivity index (χ4v) is 15.9. The molecule has 0 bridgehead atoms. The zero-order valence-electron chi connectivity index (χ0n) is 58.9. The van der Waals surface area contributed by atoms with Gasteiger partial charge in [0.1, 0.15) is 22.3 Å². The Balaban J connectivity index is 0.981. The van der Waals surface area contributed by atoms with E-state index in [-0.39, 0.29) is 29.6 Å². The Hall–Kier alpha value is -12.8. The maximum atomic E-state index is 10.2. The Morgan fingerprint density at radius 2 is 0.750 bits per heavy atom. The number of para-hydroxylation sites is 3. The lowest BCUT2D eigenvalue weighted by Crippen LogP contribution is -2.61. The lowest BCUT2D eigenvalue weighted by molar-refractivity contribution is 0.591. The van der Waals surface area contributed by atoms with Gasteiger partial charge in [0.15, 0.2) is 0 Å². The zero-order chi connectivity index (χ0) is 69.8. The predicted octanol–water partition coefficient (Wildman–Crippen LogP) is 22.8. The molecule has 0 unspecified atom stereocenters. The van der Waals surface area contributed by atoms with Crippen molar-refractivity contribution in [2.75, 3.05) is 9.80 Å². The van der Waals surface area contributed by atoms with E-state index in [4.69, 9.17) is 18.8 Å². The van der Waals surface area contributed by atoms with E-state index in [9.17, 15) is 5.48 Å². The maximum absolute atomic E-state index is 10.2. The van der Waals surface area contributed by atoms with Crippen LogP contribution in [0.3, 0.4) is 0 Å². The first-order chi connectivity index (χ1) is 50.9. The summed E-state index contributed by atoms with van der Waals surface area (Å²) in [6.07, 6.45) is 7.99. The minimum Gasteiger partial charge on any atom is -0.456 e. The molecule has 7 heterocycles. The standard InChI is InChI=1S/C92H62BN5O2/c1-92(2,3)65-40-43-80-70(50-65)67-30-16-19-33-79(67)96(80)66-51-83-89-84(52-66)98(91-75(59-26-12-6-13-27-59)55-95-56-76(91)60-28-14-7-15-29-60)82-42-37-64(62-39-45-88-72(47-62)69-32-18-21-35-86(69)100-88)49-78(82)93(89)77-48-63(61-38-44-87-71(46-61)68-31-17-20-34-85(68)99-87)36-41-81(77)97(83)90-73(57-22-8-4-9-23-57)53-94-54-74(90)58-24-10-5-11-25-58/h4-56H,1-3H3/i16D,19D,30D,33D. The van der Waals surface area contributed by atoms with E-state index in [1.54, 1.807) is 0 Å². The number of aromatic nitrogens is 3. The van der Waals surface area contributed by atoms with Gasteiger partial charge < -0.3 is 23.2 Å². The fraction of sp³-hybridized carbons (Fsp3) is 0.0435. The summed E-state index contributed by atoms with van der Waals surface area (Å²) in [4.78, 5) is 15.2. The van der Waals surface area contributed by atoms with Crippen LogP contribution >= 0.6 is 0 Å². The van der Waals surface area contributed by atoms with Crippen molar-refractivity contribution < 1.29 is 14.3 Å². The molecule has 8 heteroatoms. The largest absolute Gasteiger partial charge is 0.456 e. The number of rotatable bonds is 9. The summed E-state index contributed by atoms with van der Waals surface area (Å²) in [6, 6.07) is 95.9. The molecular weight excluding hydrogens is 1220 g/mol. The second-order valence-corrected chi connectivity index (χ2v) is 27.3. The van der Waals surface area contributed by atoms with Crippen molar-refractivity contribution in [1.29, 1.82) is 0 Å². The van der Waals surface area contributed by atoms with Crippen LogP contribution in [0, 0.1) is 0 Å². The first-order valence-electron chi connectivity index (χ1n) is 36.0. The molecule has 7 nitrogen and oxygen atoms in total. The average Bonchev–Trinajstić information content (AvgIpc) is 0.758. The van der Waals surface area contributed by atoms with Crippen LogP contribution < -0.4 is 26.2 Å². The highest BCUT2D eigenvalue weighted by molar-refractivity contribution is 7.00. The number of hydrogen-bond acceptors (Lipinski definition) is 6. The molecule has 2 aliphatic rings. The molecule has 13 aromatic carbocycles. The van der Waals surface area contributed by atoms with E-state index < -0.39 is 6.71 Å². The lowest BCUT2D eigenvalue weighted by Gasteiger charge is -2.46. The topological polar surface area (TPSA) is 63.5 Å². The van der Waals surface area contributed by atoms with Crippen molar-refractivity contribution in [3.63, 3.8) is 0 Å². The lowest BCUT2D eigenvalue weighted by atomic mass is 9.33. The molecule has 0 amide bonds. The number of hydrogen-bond donors (Lipinski definition) is 0. The van der Waals surface area contributed by atoms with Gasteiger partial charge in [0.2, 0.25) is 0 Å². The highest BCUT2D eigenvalue weighted by Crippen LogP contribution is 2.54. The summed E-state index contributed by atoms with van der Waals surface area (Å²) in [5, 5.41) is 5.35. The van der Waals surface area contributed by atoms with E-state index in [0.29, 0.717) is 16.6 Å². The first kappa shape index (κ1) is 53.4. The Morgan fingerprint density at radius 3 is 1.21 bits per heavy atom. The molecule has 470 valence electrons. The second kappa shape index (κ2) is 22.4. The summed E-state index contributed by atoms with van der Waals surface area (Å²) in [7, 11) is 0. The second-order valence-electron chi connectivity index (χ2n) is 27.3. The van der Waals surface area contributed by atoms with Crippen LogP contribution in [-0.4, -0.2) is 21.2 Å². The summed E-state index contributed by atoms with van der Waals surface area (Å²) in [5.41, 5.74) is 26.0. The van der Waals surface area contributed by atoms with Crippen LogP contribution in [0.5, 0.6) is 0 Å². The molecule has 0 saturated heterocycles. The van der Waals surface area contributed by atoms with E-state index in [1.165, 1.54) is 0 Å². The summed E-state index contributed by atoms with van der Waals surface area (Å²) >= 11 is 0. The molecule has 100 heavy (non-hydrogen) atoms. The van der Waals surface area contributed by atoms with Crippen molar-refractivity contribution in [3.8, 4) is 72.4 Å². The number of nitrogens with zero attached hydrogens (tertiary/aromatic N) is 5. The average molecular weight is 1280 g/mol. The molecule has 18 aromatic rings. The van der Waals surface area contributed by atoms with Crippen LogP contribution in [0.15, 0.2) is 331 Å². The minimum absolute atomic E-state index is 0.0957. The van der Waals surface area contributed by atoms with E-state index in [0.717, 1.165) is 178 Å². The van der Waals surface area contributed by atoms with Gasteiger partial charge in [-0.1, -0.05) is 239 Å². The molecule has 0 saturated carbocycles. The Kier molecular flexibility index (Phi) is 12.0. The highest BCUT2D eigenvalue weighted by Gasteiger charge is 2.46. The number of benzene rings is 13. The van der Waals surface area contributed by atoms with Gasteiger partial charge in [-0.2, -0.15) is 0 Å². The molecule has 0 N–H and O–H groups in total. The zero-order valence-corrected chi connectivity index (χ0v) is 54.9. The van der Waals surface area contributed by atoms with Gasteiger partial charge in [0.25, 0.3) is 6.71 Å². The van der Waals surface area contributed by atoms with Gasteiger partial charge >= 0.3 is 0 Å².